The van der Waals surface area contributed by atoms with Crippen LogP contribution < -0.4 is 0 Å². The summed E-state index contributed by atoms with van der Waals surface area (Å²) in [6, 6.07) is 0. The van der Waals surface area contributed by atoms with Crippen molar-refractivity contribution < 1.29 is 31.1 Å². The maximum Gasteiger partial charge on any atom is 0 e. The van der Waals surface area contributed by atoms with Crippen LogP contribution in [0.15, 0.2) is 0 Å². The summed E-state index contributed by atoms with van der Waals surface area (Å²) < 4.78 is 6.58. The second-order valence-electron chi connectivity index (χ2n) is 0. The summed E-state index contributed by atoms with van der Waals surface area (Å²) in [6.45, 7) is 4.00. The van der Waals surface area contributed by atoms with Gasteiger partial charge in [0.15, 0.2) is 0 Å². The first-order valence-corrected chi connectivity index (χ1v) is 1.55. The third kappa shape index (κ3) is 41.7. The van der Waals surface area contributed by atoms with E-state index in [1.165, 1.54) is 0 Å². The van der Waals surface area contributed by atoms with Crippen LogP contribution in [0.25, 0.3) is 4.78 Å². The number of hydrogen-bond donors (Lipinski definition) is 0. The molecule has 0 N–H and O–H groups in total. The van der Waals surface area contributed by atoms with Gasteiger partial charge in [0, 0.05) is 31.1 Å². The van der Waals surface area contributed by atoms with Crippen molar-refractivity contribution in [3.8, 4) is 0 Å². The number of rotatable bonds is 0. The van der Waals surface area contributed by atoms with Crippen molar-refractivity contribution in [3.63, 3.8) is 0 Å². The molecule has 0 fully saturated rings. The molecule has 0 aromatic carbocycles. The predicted octanol–water partition coefficient (Wildman–Crippen LogP) is 1.31. The molecule has 0 saturated heterocycles. The molecule has 0 aliphatic carbocycles. The predicted molar refractivity (Wildman–Crippen MR) is 22.1 cm³/mol. The van der Waals surface area contributed by atoms with Crippen LogP contribution in [0.4, 0.5) is 0 Å². The molecule has 0 unspecified atom stereocenters. The minimum atomic E-state index is 0. The normalized spacial score (nSPS) is 2.00. The molecule has 1 nitrogen and oxygen atoms in total. The van der Waals surface area contributed by atoms with Crippen molar-refractivity contribution in [1.82, 2.24) is 0 Å². The van der Waals surface area contributed by atoms with Gasteiger partial charge in [0.25, 0.3) is 0 Å². The second kappa shape index (κ2) is 73.2. The molecule has 0 aliphatic rings. The average molecular weight is 314 g/mol. The first-order chi connectivity index (χ1) is 2.00. The molecule has 0 aliphatic heterocycles. The SMILES string of the molecule is CC.[N-]=S.[U]. The van der Waals surface area contributed by atoms with E-state index >= 15 is 0 Å². The van der Waals surface area contributed by atoms with Crippen molar-refractivity contribution in [2.75, 3.05) is 0 Å². The van der Waals surface area contributed by atoms with Crippen molar-refractivity contribution in [2.45, 2.75) is 13.8 Å². The van der Waals surface area contributed by atoms with Crippen LogP contribution in [-0.4, -0.2) is 0 Å². The van der Waals surface area contributed by atoms with E-state index in [1.807, 2.05) is 13.8 Å². The van der Waals surface area contributed by atoms with Gasteiger partial charge in [-0.2, -0.15) is 0 Å². The monoisotopic (exact) mass is 314 g/mol. The van der Waals surface area contributed by atoms with Crippen LogP contribution in [0.1, 0.15) is 13.8 Å². The Balaban J connectivity index is -0.0000000133. The van der Waals surface area contributed by atoms with E-state index in [1.54, 1.807) is 0 Å². The van der Waals surface area contributed by atoms with Gasteiger partial charge in [-0.05, 0) is 0 Å². The first-order valence-electron chi connectivity index (χ1n) is 1.18. The van der Waals surface area contributed by atoms with E-state index in [2.05, 4.69) is 12.4 Å². The Hall–Kier alpha value is 1.07. The standard InChI is InChI=1S/C2H6.NS.U/c2*1-2;/h1-2H3;;/q;-1;. The van der Waals surface area contributed by atoms with Gasteiger partial charge in [-0.1, -0.05) is 13.8 Å². The summed E-state index contributed by atoms with van der Waals surface area (Å²) in [4.78, 5) is 0. The maximum absolute atomic E-state index is 6.58. The smallest absolute Gasteiger partial charge is 0 e. The van der Waals surface area contributed by atoms with E-state index in [4.69, 9.17) is 4.78 Å². The van der Waals surface area contributed by atoms with Crippen molar-refractivity contribution in [2.24, 2.45) is 0 Å². The van der Waals surface area contributed by atoms with Crippen LogP contribution in [-0.2, 0) is 12.4 Å². The molecule has 0 spiro atoms. The molecule has 0 aromatic rings. The van der Waals surface area contributed by atoms with Gasteiger partial charge in [0.05, 0.1) is 0 Å². The molecule has 0 atom stereocenters. The van der Waals surface area contributed by atoms with Gasteiger partial charge in [0.1, 0.15) is 0 Å². The summed E-state index contributed by atoms with van der Waals surface area (Å²) in [6.07, 6.45) is 0. The fourth-order valence-corrected chi connectivity index (χ4v) is 0. The van der Waals surface area contributed by atoms with Gasteiger partial charge in [-0.25, -0.2) is 0 Å². The Morgan fingerprint density at radius 3 is 1.20 bits per heavy atom. The first kappa shape index (κ1) is 16.6. The second-order valence-corrected chi connectivity index (χ2v) is 0. The summed E-state index contributed by atoms with van der Waals surface area (Å²) >= 11 is 3.08. The fraction of sp³-hybridized carbons (Fsp3) is 1.00. The molecular weight excluding hydrogens is 308 g/mol. The fourth-order valence-electron chi connectivity index (χ4n) is 0. The summed E-state index contributed by atoms with van der Waals surface area (Å²) in [5, 5.41) is 0. The van der Waals surface area contributed by atoms with Gasteiger partial charge in [-0.3, -0.25) is 12.4 Å². The van der Waals surface area contributed by atoms with E-state index in [0.717, 1.165) is 0 Å². The van der Waals surface area contributed by atoms with Crippen molar-refractivity contribution in [3.05, 3.63) is 4.78 Å². The molecule has 0 aromatic heterocycles. The Bertz CT molecular complexity index is 9.61. The molecular formula is C2H6NSU-. The Kier molecular flexibility index (Phi) is 242. The number of hydrogen-bond acceptors (Lipinski definition) is 1. The third-order valence-corrected chi connectivity index (χ3v) is 0. The van der Waals surface area contributed by atoms with Crippen LogP contribution in [0.2, 0.25) is 0 Å². The zero-order valence-electron chi connectivity index (χ0n) is 3.36. The topological polar surface area (TPSA) is 22.3 Å². The molecule has 0 radical (unpaired) electrons. The maximum atomic E-state index is 6.58. The zero-order valence-corrected chi connectivity index (χ0v) is 8.34. The quantitative estimate of drug-likeness (QED) is 0.661. The average Bonchev–Trinajstić information content (AvgIpc) is 1.50. The van der Waals surface area contributed by atoms with Crippen molar-refractivity contribution >= 4 is 12.4 Å². The minimum Gasteiger partial charge on any atom is -0.742 e. The zero-order chi connectivity index (χ0) is 4.00. The Morgan fingerprint density at radius 1 is 1.20 bits per heavy atom. The Morgan fingerprint density at radius 2 is 1.20 bits per heavy atom. The van der Waals surface area contributed by atoms with Crippen molar-refractivity contribution in [1.29, 1.82) is 0 Å². The van der Waals surface area contributed by atoms with Crippen LogP contribution >= 0.6 is 0 Å². The van der Waals surface area contributed by atoms with E-state index in [0.29, 0.717) is 0 Å². The Labute approximate surface area is 61.9 Å². The van der Waals surface area contributed by atoms with Gasteiger partial charge in [0.2, 0.25) is 0 Å². The van der Waals surface area contributed by atoms with Crippen LogP contribution in [0.5, 0.6) is 0 Å². The van der Waals surface area contributed by atoms with Crippen LogP contribution in [0, 0.1) is 31.1 Å². The van der Waals surface area contributed by atoms with E-state index < -0.39 is 0 Å². The summed E-state index contributed by atoms with van der Waals surface area (Å²) in [7, 11) is 0. The third-order valence-electron chi connectivity index (χ3n) is 0. The molecule has 5 heavy (non-hydrogen) atoms. The van der Waals surface area contributed by atoms with Crippen LogP contribution in [0.3, 0.4) is 0 Å². The number of nitrogens with zero attached hydrogens (tertiary/aromatic N) is 1. The molecule has 0 saturated carbocycles. The largest absolute Gasteiger partial charge is 0.742 e. The molecule has 0 rings (SSSR count). The molecule has 0 bridgehead atoms. The molecule has 0 amide bonds. The van der Waals surface area contributed by atoms with E-state index in [9.17, 15) is 0 Å². The van der Waals surface area contributed by atoms with Gasteiger partial charge in [-0.15, -0.1) is 0 Å². The molecule has 0 heterocycles. The van der Waals surface area contributed by atoms with Gasteiger partial charge >= 0.3 is 0 Å². The summed E-state index contributed by atoms with van der Waals surface area (Å²) in [5.74, 6) is 0. The minimum absolute atomic E-state index is 0. The molecule has 3 heteroatoms. The molecule has 30 valence electrons. The van der Waals surface area contributed by atoms with E-state index in [-0.39, 0.29) is 31.1 Å². The summed E-state index contributed by atoms with van der Waals surface area (Å²) in [5.41, 5.74) is 0. The van der Waals surface area contributed by atoms with Gasteiger partial charge < -0.3 is 4.78 Å².